The summed E-state index contributed by atoms with van der Waals surface area (Å²) < 4.78 is 10.2. The van der Waals surface area contributed by atoms with E-state index in [0.29, 0.717) is 0 Å². The van der Waals surface area contributed by atoms with Gasteiger partial charge in [-0.25, -0.2) is 4.79 Å². The molecule has 0 fully saturated rings. The van der Waals surface area contributed by atoms with E-state index in [9.17, 15) is 4.79 Å². The molecule has 106 valence electrons. The Hall–Kier alpha value is -1.55. The Morgan fingerprint density at radius 2 is 2.11 bits per heavy atom. The zero-order valence-corrected chi connectivity index (χ0v) is 12.3. The fraction of sp³-hybridized carbons (Fsp3) is 0.533. The van der Waals surface area contributed by atoms with Crippen molar-refractivity contribution in [3.8, 4) is 5.75 Å². The summed E-state index contributed by atoms with van der Waals surface area (Å²) in [7, 11) is 3.01. The quantitative estimate of drug-likeness (QED) is 0.803. The lowest BCUT2D eigenvalue weighted by Crippen LogP contribution is -2.50. The molecule has 0 aliphatic heterocycles. The number of hydrogen-bond donors (Lipinski definition) is 1. The van der Waals surface area contributed by atoms with Crippen LogP contribution in [0.25, 0.3) is 0 Å². The van der Waals surface area contributed by atoms with Crippen LogP contribution < -0.4 is 10.1 Å². The Morgan fingerprint density at radius 1 is 1.42 bits per heavy atom. The van der Waals surface area contributed by atoms with Gasteiger partial charge in [-0.2, -0.15) is 0 Å². The first-order chi connectivity index (χ1) is 8.97. The number of nitrogens with one attached hydrogen (secondary N) is 1. The highest BCUT2D eigenvalue weighted by atomic mass is 16.5. The van der Waals surface area contributed by atoms with Crippen molar-refractivity contribution in [2.75, 3.05) is 14.2 Å². The molecule has 4 heteroatoms. The maximum Gasteiger partial charge on any atom is 0.330 e. The van der Waals surface area contributed by atoms with Gasteiger partial charge in [-0.15, -0.1) is 0 Å². The van der Waals surface area contributed by atoms with E-state index in [1.54, 1.807) is 7.11 Å². The Labute approximate surface area is 115 Å². The van der Waals surface area contributed by atoms with Crippen molar-refractivity contribution in [3.05, 3.63) is 29.8 Å². The minimum atomic E-state index is -0.876. The van der Waals surface area contributed by atoms with Crippen molar-refractivity contribution < 1.29 is 14.3 Å². The van der Waals surface area contributed by atoms with Gasteiger partial charge < -0.3 is 9.47 Å². The number of benzene rings is 1. The van der Waals surface area contributed by atoms with E-state index in [-0.39, 0.29) is 12.0 Å². The third-order valence-corrected chi connectivity index (χ3v) is 3.39. The number of methoxy groups -OCH3 is 2. The molecule has 0 saturated heterocycles. The second kappa shape index (κ2) is 6.57. The second-order valence-electron chi connectivity index (χ2n) is 4.80. The van der Waals surface area contributed by atoms with Gasteiger partial charge in [-0.1, -0.05) is 19.1 Å². The summed E-state index contributed by atoms with van der Waals surface area (Å²) in [4.78, 5) is 12.2. The van der Waals surface area contributed by atoms with Crippen molar-refractivity contribution in [1.29, 1.82) is 0 Å². The molecule has 0 aliphatic carbocycles. The smallest absolute Gasteiger partial charge is 0.330 e. The van der Waals surface area contributed by atoms with Gasteiger partial charge in [0.05, 0.1) is 14.2 Å². The number of carbonyl (C=O) groups is 1. The van der Waals surface area contributed by atoms with Crippen LogP contribution in [0.3, 0.4) is 0 Å². The van der Waals surface area contributed by atoms with E-state index in [0.717, 1.165) is 17.7 Å². The lowest BCUT2D eigenvalue weighted by Gasteiger charge is -2.31. The molecule has 0 aliphatic rings. The van der Waals surface area contributed by atoms with Gasteiger partial charge in [0.1, 0.15) is 11.3 Å². The zero-order chi connectivity index (χ0) is 14.5. The molecule has 1 aromatic carbocycles. The number of carbonyl (C=O) groups excluding carboxylic acids is 1. The normalized spacial score (nSPS) is 15.4. The number of esters is 1. The maximum atomic E-state index is 12.2. The molecule has 0 amide bonds. The van der Waals surface area contributed by atoms with Crippen LogP contribution in [0, 0.1) is 0 Å². The van der Waals surface area contributed by atoms with Gasteiger partial charge in [0, 0.05) is 6.04 Å². The number of rotatable bonds is 6. The van der Waals surface area contributed by atoms with Crippen molar-refractivity contribution in [3.63, 3.8) is 0 Å². The Kier molecular flexibility index (Phi) is 5.36. The second-order valence-corrected chi connectivity index (χ2v) is 4.80. The van der Waals surface area contributed by atoms with Crippen LogP contribution >= 0.6 is 0 Å². The van der Waals surface area contributed by atoms with Crippen LogP contribution in [-0.2, 0) is 15.1 Å². The average Bonchev–Trinajstić information content (AvgIpc) is 2.45. The molecule has 0 bridgehead atoms. The SMILES string of the molecule is CCC(C)NC(C)(C(=O)OC)c1cccc(OC)c1. The van der Waals surface area contributed by atoms with E-state index in [4.69, 9.17) is 9.47 Å². The van der Waals surface area contributed by atoms with Crippen LogP contribution in [0.4, 0.5) is 0 Å². The molecular formula is C15H23NO3. The van der Waals surface area contributed by atoms with E-state index in [1.807, 2.05) is 38.1 Å². The van der Waals surface area contributed by atoms with Crippen molar-refractivity contribution in [1.82, 2.24) is 5.32 Å². The maximum absolute atomic E-state index is 12.2. The molecule has 0 spiro atoms. The highest BCUT2D eigenvalue weighted by Gasteiger charge is 2.37. The molecule has 2 unspecified atom stereocenters. The summed E-state index contributed by atoms with van der Waals surface area (Å²) in [5.74, 6) is 0.416. The Morgan fingerprint density at radius 3 is 2.63 bits per heavy atom. The monoisotopic (exact) mass is 265 g/mol. The Balaban J connectivity index is 3.18. The molecule has 0 aromatic heterocycles. The summed E-state index contributed by atoms with van der Waals surface area (Å²) in [5, 5.41) is 3.33. The fourth-order valence-electron chi connectivity index (χ4n) is 1.99. The highest BCUT2D eigenvalue weighted by Crippen LogP contribution is 2.26. The standard InChI is InChI=1S/C15H23NO3/c1-6-11(2)16-15(3,14(17)19-5)12-8-7-9-13(10-12)18-4/h7-11,16H,6H2,1-5H3. The largest absolute Gasteiger partial charge is 0.497 e. The van der Waals surface area contributed by atoms with Crippen molar-refractivity contribution >= 4 is 5.97 Å². The minimum Gasteiger partial charge on any atom is -0.497 e. The van der Waals surface area contributed by atoms with Gasteiger partial charge in [0.25, 0.3) is 0 Å². The van der Waals surface area contributed by atoms with Crippen LogP contribution in [0.1, 0.15) is 32.8 Å². The van der Waals surface area contributed by atoms with Crippen LogP contribution in [0.5, 0.6) is 5.75 Å². The van der Waals surface area contributed by atoms with Gasteiger partial charge in [0.15, 0.2) is 0 Å². The topological polar surface area (TPSA) is 47.6 Å². The molecule has 4 nitrogen and oxygen atoms in total. The molecule has 0 heterocycles. The Bertz CT molecular complexity index is 433. The van der Waals surface area contributed by atoms with Gasteiger partial charge >= 0.3 is 5.97 Å². The van der Waals surface area contributed by atoms with Crippen LogP contribution in [0.2, 0.25) is 0 Å². The molecule has 0 saturated carbocycles. The first-order valence-corrected chi connectivity index (χ1v) is 6.48. The summed E-state index contributed by atoms with van der Waals surface area (Å²) in [6, 6.07) is 7.68. The molecule has 1 aromatic rings. The third-order valence-electron chi connectivity index (χ3n) is 3.39. The molecule has 19 heavy (non-hydrogen) atoms. The van der Waals surface area contributed by atoms with Crippen LogP contribution in [0.15, 0.2) is 24.3 Å². The predicted octanol–water partition coefficient (Wildman–Crippen LogP) is 2.47. The van der Waals surface area contributed by atoms with Gasteiger partial charge in [-0.05, 0) is 38.0 Å². The molecule has 1 N–H and O–H groups in total. The summed E-state index contributed by atoms with van der Waals surface area (Å²) in [6.45, 7) is 5.95. The highest BCUT2D eigenvalue weighted by molar-refractivity contribution is 5.82. The summed E-state index contributed by atoms with van der Waals surface area (Å²) in [6.07, 6.45) is 0.927. The van der Waals surface area contributed by atoms with Crippen LogP contribution in [-0.4, -0.2) is 26.2 Å². The number of ether oxygens (including phenoxy) is 2. The zero-order valence-electron chi connectivity index (χ0n) is 12.3. The first-order valence-electron chi connectivity index (χ1n) is 6.48. The third kappa shape index (κ3) is 3.47. The fourth-order valence-corrected chi connectivity index (χ4v) is 1.99. The minimum absolute atomic E-state index is 0.204. The van der Waals surface area contributed by atoms with E-state index in [1.165, 1.54) is 7.11 Å². The van der Waals surface area contributed by atoms with E-state index in [2.05, 4.69) is 12.2 Å². The first kappa shape index (κ1) is 15.5. The lowest BCUT2D eigenvalue weighted by molar-refractivity contribution is -0.148. The van der Waals surface area contributed by atoms with Gasteiger partial charge in [-0.3, -0.25) is 5.32 Å². The molecular weight excluding hydrogens is 242 g/mol. The predicted molar refractivity (Wildman–Crippen MR) is 75.3 cm³/mol. The number of hydrogen-bond acceptors (Lipinski definition) is 4. The van der Waals surface area contributed by atoms with Crippen molar-refractivity contribution in [2.24, 2.45) is 0 Å². The van der Waals surface area contributed by atoms with Gasteiger partial charge in [0.2, 0.25) is 0 Å². The summed E-state index contributed by atoms with van der Waals surface area (Å²) >= 11 is 0. The molecule has 1 rings (SSSR count). The average molecular weight is 265 g/mol. The molecule has 2 atom stereocenters. The summed E-state index contributed by atoms with van der Waals surface area (Å²) in [5.41, 5.74) is -0.0439. The van der Waals surface area contributed by atoms with E-state index >= 15 is 0 Å². The molecule has 0 radical (unpaired) electrons. The lowest BCUT2D eigenvalue weighted by atomic mass is 9.90. The van der Waals surface area contributed by atoms with Crippen molar-refractivity contribution in [2.45, 2.75) is 38.8 Å². The van der Waals surface area contributed by atoms with E-state index < -0.39 is 5.54 Å².